The maximum Gasteiger partial charge on any atom is 0.0916 e. The van der Waals surface area contributed by atoms with Crippen molar-refractivity contribution in [1.82, 2.24) is 4.90 Å². The summed E-state index contributed by atoms with van der Waals surface area (Å²) in [6.45, 7) is 3.08. The molecule has 18 heavy (non-hydrogen) atoms. The van der Waals surface area contributed by atoms with Gasteiger partial charge >= 0.3 is 0 Å². The highest BCUT2D eigenvalue weighted by molar-refractivity contribution is 5.17. The molecule has 1 N–H and O–H groups in total. The Bertz CT molecular complexity index is 351. The van der Waals surface area contributed by atoms with E-state index in [0.29, 0.717) is 6.04 Å². The first-order chi connectivity index (χ1) is 8.68. The van der Waals surface area contributed by atoms with Gasteiger partial charge in [0.1, 0.15) is 0 Å². The molecule has 1 fully saturated rings. The Balaban J connectivity index is 1.92. The number of aliphatic hydroxyl groups excluding tert-OH is 1. The number of aliphatic hydroxyl groups is 1. The molecule has 3 unspecified atom stereocenters. The molecule has 2 rings (SSSR count). The molecule has 100 valence electrons. The van der Waals surface area contributed by atoms with Gasteiger partial charge in [-0.1, -0.05) is 50.1 Å². The van der Waals surface area contributed by atoms with E-state index in [1.165, 1.54) is 25.7 Å². The normalized spacial score (nSPS) is 26.2. The van der Waals surface area contributed by atoms with Gasteiger partial charge in [0, 0.05) is 12.6 Å². The Labute approximate surface area is 111 Å². The van der Waals surface area contributed by atoms with Crippen molar-refractivity contribution in [3.8, 4) is 0 Å². The first-order valence-corrected chi connectivity index (χ1v) is 7.11. The second-order valence-corrected chi connectivity index (χ2v) is 5.70. The van der Waals surface area contributed by atoms with Crippen LogP contribution in [0.25, 0.3) is 0 Å². The highest BCUT2D eigenvalue weighted by atomic mass is 16.3. The van der Waals surface area contributed by atoms with E-state index in [1.54, 1.807) is 0 Å². The molecule has 1 aromatic rings. The van der Waals surface area contributed by atoms with E-state index in [-0.39, 0.29) is 6.10 Å². The molecule has 1 aliphatic carbocycles. The SMILES string of the molecule is CC1CCCCC1N(C)CC(O)c1ccccc1. The smallest absolute Gasteiger partial charge is 0.0916 e. The number of benzene rings is 1. The zero-order chi connectivity index (χ0) is 13.0. The minimum atomic E-state index is -0.370. The molecule has 1 saturated carbocycles. The summed E-state index contributed by atoms with van der Waals surface area (Å²) in [4.78, 5) is 2.35. The van der Waals surface area contributed by atoms with Crippen molar-refractivity contribution in [3.63, 3.8) is 0 Å². The van der Waals surface area contributed by atoms with Crippen LogP contribution in [0.3, 0.4) is 0 Å². The van der Waals surface area contributed by atoms with Crippen LogP contribution in [0.2, 0.25) is 0 Å². The van der Waals surface area contributed by atoms with Gasteiger partial charge in [-0.2, -0.15) is 0 Å². The molecule has 1 aliphatic rings. The fraction of sp³-hybridized carbons (Fsp3) is 0.625. The van der Waals surface area contributed by atoms with E-state index < -0.39 is 0 Å². The summed E-state index contributed by atoms with van der Waals surface area (Å²) in [5, 5.41) is 10.3. The molecule has 0 heterocycles. The largest absolute Gasteiger partial charge is 0.387 e. The van der Waals surface area contributed by atoms with Crippen LogP contribution in [-0.2, 0) is 0 Å². The summed E-state index contributed by atoms with van der Waals surface area (Å²) in [6.07, 6.45) is 4.94. The van der Waals surface area contributed by atoms with Crippen LogP contribution in [0, 0.1) is 5.92 Å². The predicted molar refractivity (Wildman–Crippen MR) is 75.5 cm³/mol. The summed E-state index contributed by atoms with van der Waals surface area (Å²) in [5.74, 6) is 0.756. The topological polar surface area (TPSA) is 23.5 Å². The van der Waals surface area contributed by atoms with Crippen LogP contribution in [0.4, 0.5) is 0 Å². The monoisotopic (exact) mass is 247 g/mol. The zero-order valence-electron chi connectivity index (χ0n) is 11.5. The Morgan fingerprint density at radius 3 is 2.56 bits per heavy atom. The molecule has 3 atom stereocenters. The molecule has 1 aromatic carbocycles. The van der Waals surface area contributed by atoms with E-state index in [9.17, 15) is 5.11 Å². The van der Waals surface area contributed by atoms with Gasteiger partial charge in [-0.25, -0.2) is 0 Å². The molecule has 2 heteroatoms. The molecule has 0 radical (unpaired) electrons. The third-order valence-electron chi connectivity index (χ3n) is 4.28. The van der Waals surface area contributed by atoms with Crippen LogP contribution in [-0.4, -0.2) is 29.6 Å². The van der Waals surface area contributed by atoms with Crippen LogP contribution >= 0.6 is 0 Å². The summed E-state index contributed by atoms with van der Waals surface area (Å²) < 4.78 is 0. The van der Waals surface area contributed by atoms with Crippen molar-refractivity contribution in [2.75, 3.05) is 13.6 Å². The van der Waals surface area contributed by atoms with Crippen molar-refractivity contribution in [3.05, 3.63) is 35.9 Å². The first-order valence-electron chi connectivity index (χ1n) is 7.11. The second-order valence-electron chi connectivity index (χ2n) is 5.70. The maximum atomic E-state index is 10.3. The third kappa shape index (κ3) is 3.33. The van der Waals surface area contributed by atoms with Gasteiger partial charge in [-0.15, -0.1) is 0 Å². The predicted octanol–water partition coefficient (Wildman–Crippen LogP) is 3.23. The van der Waals surface area contributed by atoms with Crippen LogP contribution < -0.4 is 0 Å². The summed E-state index contributed by atoms with van der Waals surface area (Å²) >= 11 is 0. The van der Waals surface area contributed by atoms with E-state index in [0.717, 1.165) is 18.0 Å². The number of hydrogen-bond acceptors (Lipinski definition) is 2. The fourth-order valence-electron chi connectivity index (χ4n) is 3.14. The van der Waals surface area contributed by atoms with Crippen molar-refractivity contribution in [2.45, 2.75) is 44.8 Å². The number of likely N-dealkylation sites (N-methyl/N-ethyl adjacent to an activating group) is 1. The van der Waals surface area contributed by atoms with E-state index in [2.05, 4.69) is 18.9 Å². The van der Waals surface area contributed by atoms with Crippen LogP contribution in [0.1, 0.15) is 44.3 Å². The fourth-order valence-corrected chi connectivity index (χ4v) is 3.14. The second kappa shape index (κ2) is 6.35. The molecule has 2 nitrogen and oxygen atoms in total. The van der Waals surface area contributed by atoms with Crippen molar-refractivity contribution in [1.29, 1.82) is 0 Å². The van der Waals surface area contributed by atoms with Gasteiger partial charge in [0.25, 0.3) is 0 Å². The lowest BCUT2D eigenvalue weighted by atomic mass is 9.85. The Hall–Kier alpha value is -0.860. The van der Waals surface area contributed by atoms with Gasteiger partial charge in [0.05, 0.1) is 6.10 Å². The Morgan fingerprint density at radius 2 is 1.89 bits per heavy atom. The highest BCUT2D eigenvalue weighted by Crippen LogP contribution is 2.28. The van der Waals surface area contributed by atoms with Gasteiger partial charge in [0.15, 0.2) is 0 Å². The third-order valence-corrected chi connectivity index (χ3v) is 4.28. The molecular weight excluding hydrogens is 222 g/mol. The van der Waals surface area contributed by atoms with E-state index >= 15 is 0 Å². The molecule has 0 spiro atoms. The number of rotatable bonds is 4. The molecule has 0 saturated heterocycles. The lowest BCUT2D eigenvalue weighted by Gasteiger charge is -2.37. The molecule has 0 bridgehead atoms. The van der Waals surface area contributed by atoms with Crippen molar-refractivity contribution in [2.24, 2.45) is 5.92 Å². The molecule has 0 aromatic heterocycles. The Kier molecular flexibility index (Phi) is 4.79. The van der Waals surface area contributed by atoms with Crippen LogP contribution in [0.15, 0.2) is 30.3 Å². The molecule has 0 aliphatic heterocycles. The van der Waals surface area contributed by atoms with Gasteiger partial charge < -0.3 is 10.0 Å². The standard InChI is InChI=1S/C16H25NO/c1-13-8-6-7-11-15(13)17(2)12-16(18)14-9-4-3-5-10-14/h3-5,9-10,13,15-16,18H,6-8,11-12H2,1-2H3. The average molecular weight is 247 g/mol. The average Bonchev–Trinajstić information content (AvgIpc) is 2.40. The van der Waals surface area contributed by atoms with Crippen molar-refractivity contribution >= 4 is 0 Å². The quantitative estimate of drug-likeness (QED) is 0.883. The summed E-state index contributed by atoms with van der Waals surface area (Å²) in [5.41, 5.74) is 1.02. The minimum absolute atomic E-state index is 0.370. The maximum absolute atomic E-state index is 10.3. The van der Waals surface area contributed by atoms with Gasteiger partial charge in [0.2, 0.25) is 0 Å². The van der Waals surface area contributed by atoms with E-state index in [1.807, 2.05) is 30.3 Å². The lowest BCUT2D eigenvalue weighted by molar-refractivity contribution is 0.0710. The summed E-state index contributed by atoms with van der Waals surface area (Å²) in [6, 6.07) is 10.6. The van der Waals surface area contributed by atoms with E-state index in [4.69, 9.17) is 0 Å². The molecular formula is C16H25NO. The highest BCUT2D eigenvalue weighted by Gasteiger charge is 2.26. The minimum Gasteiger partial charge on any atom is -0.387 e. The van der Waals surface area contributed by atoms with Crippen LogP contribution in [0.5, 0.6) is 0 Å². The van der Waals surface area contributed by atoms with Gasteiger partial charge in [-0.3, -0.25) is 0 Å². The lowest BCUT2D eigenvalue weighted by Crippen LogP contribution is -2.41. The van der Waals surface area contributed by atoms with Gasteiger partial charge in [-0.05, 0) is 31.4 Å². The zero-order valence-corrected chi connectivity index (χ0v) is 11.5. The summed E-state index contributed by atoms with van der Waals surface area (Å²) in [7, 11) is 2.15. The number of nitrogens with zero attached hydrogens (tertiary/aromatic N) is 1. The number of hydrogen-bond donors (Lipinski definition) is 1. The first kappa shape index (κ1) is 13.6. The van der Waals surface area contributed by atoms with Crippen molar-refractivity contribution < 1.29 is 5.11 Å². The Morgan fingerprint density at radius 1 is 1.22 bits per heavy atom. The molecule has 0 amide bonds.